The lowest BCUT2D eigenvalue weighted by molar-refractivity contribution is -0.107. The quantitative estimate of drug-likeness (QED) is 0.582. The van der Waals surface area contributed by atoms with Crippen molar-refractivity contribution in [2.24, 2.45) is 0 Å². The molecule has 4 heteroatoms. The maximum atomic E-state index is 11.5. The van der Waals surface area contributed by atoms with E-state index in [2.05, 4.69) is 61.9 Å². The van der Waals surface area contributed by atoms with Crippen LogP contribution in [0.25, 0.3) is 11.1 Å². The van der Waals surface area contributed by atoms with Crippen molar-refractivity contribution in [2.75, 3.05) is 29.9 Å². The summed E-state index contributed by atoms with van der Waals surface area (Å²) in [5.41, 5.74) is 9.59. The van der Waals surface area contributed by atoms with Crippen molar-refractivity contribution in [1.29, 1.82) is 0 Å². The number of carbonyl (C=O) groups is 1. The average molecular weight is 369 g/mol. The highest BCUT2D eigenvalue weighted by Gasteiger charge is 2.42. The number of aryl methyl sites for hydroxylation is 1. The second kappa shape index (κ2) is 6.31. The second-order valence-electron chi connectivity index (χ2n) is 7.58. The Balaban J connectivity index is 2.10. The van der Waals surface area contributed by atoms with Crippen molar-refractivity contribution in [3.8, 4) is 11.1 Å². The number of aldehydes is 1. The predicted octanol–water partition coefficient (Wildman–Crippen LogP) is 4.65. The first-order valence-corrected chi connectivity index (χ1v) is 9.71. The van der Waals surface area contributed by atoms with Crippen LogP contribution in [-0.4, -0.2) is 32.5 Å². The number of rotatable bonds is 3. The molecule has 2 aliphatic rings. The lowest BCUT2D eigenvalue weighted by atomic mass is 9.86. The summed E-state index contributed by atoms with van der Waals surface area (Å²) in [6, 6.07) is 8.84. The molecule has 0 aromatic heterocycles. The van der Waals surface area contributed by atoms with E-state index in [1.807, 2.05) is 0 Å². The number of hydrogen-bond acceptors (Lipinski definition) is 3. The minimum Gasteiger partial charge on any atom is -0.371 e. The van der Waals surface area contributed by atoms with E-state index in [1.165, 1.54) is 28.1 Å². The molecule has 4 rings (SSSR count). The number of halogens is 1. The maximum Gasteiger partial charge on any atom is 0.124 e. The number of carbonyl (C=O) groups excluding carboxylic acids is 1. The number of benzene rings is 2. The summed E-state index contributed by atoms with van der Waals surface area (Å²) >= 11 is 6.98. The van der Waals surface area contributed by atoms with E-state index >= 15 is 0 Å². The van der Waals surface area contributed by atoms with Gasteiger partial charge in [-0.05, 0) is 43.0 Å². The summed E-state index contributed by atoms with van der Waals surface area (Å²) in [4.78, 5) is 16.3. The predicted molar refractivity (Wildman–Crippen MR) is 110 cm³/mol. The summed E-state index contributed by atoms with van der Waals surface area (Å²) < 4.78 is 0. The highest BCUT2D eigenvalue weighted by Crippen LogP contribution is 2.56. The van der Waals surface area contributed by atoms with Crippen LogP contribution in [0.15, 0.2) is 24.3 Å². The van der Waals surface area contributed by atoms with E-state index < -0.39 is 0 Å². The lowest BCUT2D eigenvalue weighted by Gasteiger charge is -2.38. The molecular formula is C22H25ClN2O. The van der Waals surface area contributed by atoms with Crippen molar-refractivity contribution in [3.63, 3.8) is 0 Å². The highest BCUT2D eigenvalue weighted by molar-refractivity contribution is 6.24. The van der Waals surface area contributed by atoms with E-state index in [-0.39, 0.29) is 11.4 Å². The topological polar surface area (TPSA) is 23.6 Å². The minimum atomic E-state index is -0.0717. The van der Waals surface area contributed by atoms with Gasteiger partial charge >= 0.3 is 0 Å². The molecule has 3 nitrogen and oxygen atoms in total. The third-order valence-electron chi connectivity index (χ3n) is 6.02. The lowest BCUT2D eigenvalue weighted by Crippen LogP contribution is -2.42. The van der Waals surface area contributed by atoms with Crippen LogP contribution in [0.2, 0.25) is 0 Å². The van der Waals surface area contributed by atoms with Crippen molar-refractivity contribution in [2.45, 2.75) is 38.6 Å². The SMILES string of the molecule is Cc1ccc(-c2c(CC=O)c(C)c3c4c2C(Cl)C(C)N4CCN3C)cc1. The van der Waals surface area contributed by atoms with E-state index in [1.54, 1.807) is 0 Å². The largest absolute Gasteiger partial charge is 0.371 e. The molecule has 2 aromatic carbocycles. The molecule has 2 aromatic rings. The molecule has 0 bridgehead atoms. The summed E-state index contributed by atoms with van der Waals surface area (Å²) in [6.45, 7) is 8.42. The van der Waals surface area contributed by atoms with Gasteiger partial charge in [0.15, 0.2) is 0 Å². The minimum absolute atomic E-state index is 0.0717. The molecule has 0 aliphatic carbocycles. The zero-order valence-corrected chi connectivity index (χ0v) is 16.6. The first-order chi connectivity index (χ1) is 12.5. The highest BCUT2D eigenvalue weighted by atomic mass is 35.5. The molecule has 0 fully saturated rings. The van der Waals surface area contributed by atoms with Crippen molar-refractivity contribution < 1.29 is 4.79 Å². The molecule has 2 heterocycles. The Morgan fingerprint density at radius 1 is 1.15 bits per heavy atom. The van der Waals surface area contributed by atoms with E-state index in [4.69, 9.17) is 11.6 Å². The van der Waals surface area contributed by atoms with Crippen LogP contribution in [0.4, 0.5) is 11.4 Å². The van der Waals surface area contributed by atoms with Crippen molar-refractivity contribution in [1.82, 2.24) is 0 Å². The standard InChI is InChI=1S/C22H25ClN2O/c1-13-5-7-16(8-6-13)18-17(9-12-26)14(2)21-22-19(18)20(23)15(3)25(22)11-10-24(21)4/h5-8,12,15,20H,9-11H2,1-4H3. The monoisotopic (exact) mass is 368 g/mol. The molecule has 0 amide bonds. The fourth-order valence-corrected chi connectivity index (χ4v) is 4.97. The van der Waals surface area contributed by atoms with Gasteiger partial charge in [-0.3, -0.25) is 0 Å². The van der Waals surface area contributed by atoms with Gasteiger partial charge in [-0.2, -0.15) is 0 Å². The van der Waals surface area contributed by atoms with Gasteiger partial charge in [0.1, 0.15) is 6.29 Å². The molecule has 2 atom stereocenters. The Labute approximate surface area is 160 Å². The summed E-state index contributed by atoms with van der Waals surface area (Å²) in [6.07, 6.45) is 1.43. The molecule has 0 saturated heterocycles. The van der Waals surface area contributed by atoms with Gasteiger partial charge in [0, 0.05) is 38.2 Å². The van der Waals surface area contributed by atoms with Crippen LogP contribution in [-0.2, 0) is 11.2 Å². The zero-order valence-electron chi connectivity index (χ0n) is 15.8. The van der Waals surface area contributed by atoms with Crippen LogP contribution in [0.3, 0.4) is 0 Å². The first kappa shape index (κ1) is 17.4. The second-order valence-corrected chi connectivity index (χ2v) is 8.05. The Morgan fingerprint density at radius 3 is 2.50 bits per heavy atom. The average Bonchev–Trinajstić information content (AvgIpc) is 2.87. The van der Waals surface area contributed by atoms with Gasteiger partial charge in [0.25, 0.3) is 0 Å². The van der Waals surface area contributed by atoms with Crippen LogP contribution >= 0.6 is 11.6 Å². The Kier molecular flexibility index (Phi) is 4.23. The molecule has 2 unspecified atom stereocenters. The normalized spacial score (nSPS) is 21.1. The molecule has 0 spiro atoms. The fraction of sp³-hybridized carbons (Fsp3) is 0.409. The van der Waals surface area contributed by atoms with Crippen LogP contribution in [0, 0.1) is 13.8 Å². The van der Waals surface area contributed by atoms with E-state index in [0.29, 0.717) is 6.42 Å². The fourth-order valence-electron chi connectivity index (χ4n) is 4.62. The van der Waals surface area contributed by atoms with Gasteiger partial charge < -0.3 is 14.6 Å². The maximum absolute atomic E-state index is 11.5. The van der Waals surface area contributed by atoms with Gasteiger partial charge in [-0.15, -0.1) is 11.6 Å². The van der Waals surface area contributed by atoms with E-state index in [0.717, 1.165) is 36.1 Å². The Bertz CT molecular complexity index is 875. The van der Waals surface area contributed by atoms with Gasteiger partial charge in [-0.1, -0.05) is 29.8 Å². The number of nitrogens with zero attached hydrogens (tertiary/aromatic N) is 2. The summed E-state index contributed by atoms with van der Waals surface area (Å²) in [7, 11) is 2.14. The third-order valence-corrected chi connectivity index (χ3v) is 6.61. The number of likely N-dealkylation sites (N-methyl/N-ethyl adjacent to an activating group) is 1. The molecule has 0 N–H and O–H groups in total. The third kappa shape index (κ3) is 2.37. The van der Waals surface area contributed by atoms with E-state index in [9.17, 15) is 4.79 Å². The number of hydrogen-bond donors (Lipinski definition) is 0. The van der Waals surface area contributed by atoms with Gasteiger partial charge in [0.05, 0.1) is 16.8 Å². The number of anilines is 2. The van der Waals surface area contributed by atoms with Crippen LogP contribution < -0.4 is 9.80 Å². The zero-order chi connectivity index (χ0) is 18.6. The number of alkyl halides is 1. The summed E-state index contributed by atoms with van der Waals surface area (Å²) in [5, 5.41) is -0.0717. The Hall–Kier alpha value is -2.00. The molecular weight excluding hydrogens is 344 g/mol. The van der Waals surface area contributed by atoms with Crippen LogP contribution in [0.1, 0.15) is 34.6 Å². The van der Waals surface area contributed by atoms with Crippen molar-refractivity contribution >= 4 is 29.3 Å². The van der Waals surface area contributed by atoms with Crippen molar-refractivity contribution in [3.05, 3.63) is 46.5 Å². The smallest absolute Gasteiger partial charge is 0.124 e. The van der Waals surface area contributed by atoms with Gasteiger partial charge in [0.2, 0.25) is 0 Å². The van der Waals surface area contributed by atoms with Gasteiger partial charge in [-0.25, -0.2) is 0 Å². The summed E-state index contributed by atoms with van der Waals surface area (Å²) in [5.74, 6) is 0. The molecule has 26 heavy (non-hydrogen) atoms. The molecule has 0 saturated carbocycles. The molecule has 0 radical (unpaired) electrons. The van der Waals surface area contributed by atoms with Crippen LogP contribution in [0.5, 0.6) is 0 Å². The Morgan fingerprint density at radius 2 is 1.85 bits per heavy atom. The first-order valence-electron chi connectivity index (χ1n) is 9.27. The molecule has 2 aliphatic heterocycles. The molecule has 136 valence electrons.